The Bertz CT molecular complexity index is 140. The van der Waals surface area contributed by atoms with Crippen LogP contribution in [0.2, 0.25) is 0 Å². The van der Waals surface area contributed by atoms with Crippen molar-refractivity contribution in [3.63, 3.8) is 0 Å². The van der Waals surface area contributed by atoms with E-state index >= 15 is 0 Å². The molecule has 0 spiro atoms. The van der Waals surface area contributed by atoms with E-state index in [-0.39, 0.29) is 0 Å². The van der Waals surface area contributed by atoms with Crippen LogP contribution in [0.5, 0.6) is 0 Å². The number of alkyl halides is 1. The van der Waals surface area contributed by atoms with Gasteiger partial charge >= 0.3 is 0 Å². The van der Waals surface area contributed by atoms with E-state index in [1.54, 1.807) is 0 Å². The molecule has 0 aromatic rings. The van der Waals surface area contributed by atoms with E-state index in [2.05, 4.69) is 13.8 Å². The van der Waals surface area contributed by atoms with Gasteiger partial charge in [0.2, 0.25) is 0 Å². The van der Waals surface area contributed by atoms with E-state index in [1.807, 2.05) is 0 Å². The first-order valence-corrected chi connectivity index (χ1v) is 4.23. The van der Waals surface area contributed by atoms with E-state index in [1.165, 1.54) is 6.42 Å². The van der Waals surface area contributed by atoms with Gasteiger partial charge in [-0.1, -0.05) is 13.8 Å². The van der Waals surface area contributed by atoms with Crippen molar-refractivity contribution in [2.24, 2.45) is 11.3 Å². The van der Waals surface area contributed by atoms with Gasteiger partial charge in [0.1, 0.15) is 5.67 Å². The van der Waals surface area contributed by atoms with Gasteiger partial charge in [0.25, 0.3) is 0 Å². The minimum Gasteiger partial charge on any atom is -0.244 e. The molecular formula is C9H15F. The second-order valence-corrected chi connectivity index (χ2v) is 4.78. The molecule has 0 unspecified atom stereocenters. The molecule has 1 heteroatoms. The van der Waals surface area contributed by atoms with Crippen LogP contribution in [0.4, 0.5) is 4.39 Å². The van der Waals surface area contributed by atoms with Gasteiger partial charge in [-0.3, -0.25) is 0 Å². The quantitative estimate of drug-likeness (QED) is 0.556. The summed E-state index contributed by atoms with van der Waals surface area (Å²) in [6.45, 7) is 4.45. The molecule has 0 aromatic heterocycles. The van der Waals surface area contributed by atoms with Gasteiger partial charge < -0.3 is 0 Å². The molecule has 3 aliphatic rings. The van der Waals surface area contributed by atoms with Gasteiger partial charge in [0.15, 0.2) is 0 Å². The van der Waals surface area contributed by atoms with Crippen LogP contribution < -0.4 is 0 Å². The smallest absolute Gasteiger partial charge is 0.112 e. The maximum atomic E-state index is 13.0. The second-order valence-electron chi connectivity index (χ2n) is 4.78. The molecule has 0 atom stereocenters. The lowest BCUT2D eigenvalue weighted by Gasteiger charge is -2.66. The lowest BCUT2D eigenvalue weighted by atomic mass is 9.40. The van der Waals surface area contributed by atoms with E-state index < -0.39 is 5.67 Å². The van der Waals surface area contributed by atoms with Crippen molar-refractivity contribution in [1.82, 2.24) is 0 Å². The first-order valence-electron chi connectivity index (χ1n) is 4.23. The zero-order valence-electron chi connectivity index (χ0n) is 6.78. The van der Waals surface area contributed by atoms with Crippen molar-refractivity contribution in [1.29, 1.82) is 0 Å². The summed E-state index contributed by atoms with van der Waals surface area (Å²) < 4.78 is 13.0. The maximum Gasteiger partial charge on any atom is 0.112 e. The Morgan fingerprint density at radius 2 is 1.80 bits per heavy atom. The van der Waals surface area contributed by atoms with Crippen LogP contribution in [0.3, 0.4) is 0 Å². The van der Waals surface area contributed by atoms with Crippen molar-refractivity contribution in [2.75, 3.05) is 0 Å². The fourth-order valence-electron chi connectivity index (χ4n) is 2.94. The summed E-state index contributed by atoms with van der Waals surface area (Å²) in [6.07, 6.45) is 3.87. The number of hydrogen-bond donors (Lipinski definition) is 0. The average molecular weight is 142 g/mol. The van der Waals surface area contributed by atoms with E-state index in [9.17, 15) is 4.39 Å². The molecule has 0 saturated heterocycles. The highest BCUT2D eigenvalue weighted by atomic mass is 19.1. The van der Waals surface area contributed by atoms with Gasteiger partial charge in [-0.25, -0.2) is 4.39 Å². The molecule has 0 heterocycles. The summed E-state index contributed by atoms with van der Waals surface area (Å²) in [5.41, 5.74) is -0.211. The number of rotatable bonds is 2. The van der Waals surface area contributed by atoms with E-state index in [0.29, 0.717) is 5.41 Å². The summed E-state index contributed by atoms with van der Waals surface area (Å²) in [6, 6.07) is 0. The van der Waals surface area contributed by atoms with Gasteiger partial charge in [-0.15, -0.1) is 0 Å². The first-order chi connectivity index (χ1) is 4.54. The standard InChI is InChI=1S/C9H15F/c1-7(2)3-8-4-9(10,5-8)6-8/h7H,3-6H2,1-2H3/t8-,9+. The third-order valence-electron chi connectivity index (χ3n) is 2.92. The van der Waals surface area contributed by atoms with Crippen LogP contribution in [0, 0.1) is 11.3 Å². The molecule has 10 heavy (non-hydrogen) atoms. The highest BCUT2D eigenvalue weighted by Crippen LogP contribution is 2.71. The highest BCUT2D eigenvalue weighted by Gasteiger charge is 2.68. The molecule has 0 N–H and O–H groups in total. The van der Waals surface area contributed by atoms with Crippen molar-refractivity contribution in [3.05, 3.63) is 0 Å². The van der Waals surface area contributed by atoms with Gasteiger partial charge in [-0.2, -0.15) is 0 Å². The van der Waals surface area contributed by atoms with Crippen LogP contribution in [-0.2, 0) is 0 Å². The van der Waals surface area contributed by atoms with Crippen LogP contribution in [0.25, 0.3) is 0 Å². The SMILES string of the molecule is CC(C)C[C@]12C[C@@](F)(C1)C2. The number of hydrogen-bond acceptors (Lipinski definition) is 0. The van der Waals surface area contributed by atoms with E-state index in [0.717, 1.165) is 25.2 Å². The van der Waals surface area contributed by atoms with Crippen LogP contribution >= 0.6 is 0 Å². The Balaban J connectivity index is 1.87. The summed E-state index contributed by atoms with van der Waals surface area (Å²) >= 11 is 0. The maximum absolute atomic E-state index is 13.0. The normalized spacial score (nSPS) is 50.4. The molecule has 2 bridgehead atoms. The molecular weight excluding hydrogens is 127 g/mol. The van der Waals surface area contributed by atoms with Crippen LogP contribution in [-0.4, -0.2) is 5.67 Å². The fraction of sp³-hybridized carbons (Fsp3) is 1.00. The first kappa shape index (κ1) is 6.63. The van der Waals surface area contributed by atoms with Gasteiger partial charge in [0, 0.05) is 0 Å². The van der Waals surface area contributed by atoms with Crippen molar-refractivity contribution < 1.29 is 4.39 Å². The fourth-order valence-corrected chi connectivity index (χ4v) is 2.94. The Labute approximate surface area is 61.8 Å². The zero-order chi connectivity index (χ0) is 7.41. The van der Waals surface area contributed by atoms with Crippen LogP contribution in [0.1, 0.15) is 39.5 Å². The summed E-state index contributed by atoms with van der Waals surface area (Å²) in [7, 11) is 0. The third kappa shape index (κ3) is 0.724. The topological polar surface area (TPSA) is 0 Å². The molecule has 3 saturated carbocycles. The summed E-state index contributed by atoms with van der Waals surface area (Å²) in [5, 5.41) is 0. The third-order valence-corrected chi connectivity index (χ3v) is 2.92. The Morgan fingerprint density at radius 1 is 1.30 bits per heavy atom. The molecule has 0 aromatic carbocycles. The minimum atomic E-state index is -0.686. The van der Waals surface area contributed by atoms with Crippen molar-refractivity contribution >= 4 is 0 Å². The molecule has 0 radical (unpaired) electrons. The van der Waals surface area contributed by atoms with Crippen molar-refractivity contribution in [3.8, 4) is 0 Å². The number of halogens is 1. The molecule has 0 amide bonds. The molecule has 3 rings (SSSR count). The van der Waals surface area contributed by atoms with E-state index in [4.69, 9.17) is 0 Å². The molecule has 58 valence electrons. The molecule has 3 fully saturated rings. The Morgan fingerprint density at radius 3 is 2.10 bits per heavy atom. The largest absolute Gasteiger partial charge is 0.244 e. The minimum absolute atomic E-state index is 0.475. The lowest BCUT2D eigenvalue weighted by Crippen LogP contribution is -2.64. The Kier molecular flexibility index (Phi) is 1.04. The summed E-state index contributed by atoms with van der Waals surface area (Å²) in [4.78, 5) is 0. The average Bonchev–Trinajstić information content (AvgIpc) is 1.56. The van der Waals surface area contributed by atoms with Gasteiger partial charge in [-0.05, 0) is 37.0 Å². The highest BCUT2D eigenvalue weighted by molar-refractivity contribution is 5.18. The lowest BCUT2D eigenvalue weighted by molar-refractivity contribution is -0.220. The molecule has 0 aliphatic heterocycles. The summed E-state index contributed by atoms with van der Waals surface area (Å²) in [5.74, 6) is 0.754. The monoisotopic (exact) mass is 142 g/mol. The second kappa shape index (κ2) is 1.57. The van der Waals surface area contributed by atoms with Gasteiger partial charge in [0.05, 0.1) is 0 Å². The molecule has 3 aliphatic carbocycles. The van der Waals surface area contributed by atoms with Crippen molar-refractivity contribution in [2.45, 2.75) is 45.2 Å². The van der Waals surface area contributed by atoms with Crippen LogP contribution in [0.15, 0.2) is 0 Å². The zero-order valence-corrected chi connectivity index (χ0v) is 6.78. The predicted molar refractivity (Wildman–Crippen MR) is 39.6 cm³/mol. The Hall–Kier alpha value is -0.0700. The molecule has 0 nitrogen and oxygen atoms in total. The predicted octanol–water partition coefficient (Wildman–Crippen LogP) is 2.92.